The summed E-state index contributed by atoms with van der Waals surface area (Å²) in [6, 6.07) is 2.66. The van der Waals surface area contributed by atoms with E-state index < -0.39 is 5.41 Å². The first-order valence-corrected chi connectivity index (χ1v) is 6.57. The SMILES string of the molecule is CCN1CCN(C(=O)C2(C#N)CCC2)CC1C. The smallest absolute Gasteiger partial charge is 0.243 e. The van der Waals surface area contributed by atoms with Crippen LogP contribution in [0.25, 0.3) is 0 Å². The number of carbonyl (C=O) groups is 1. The Morgan fingerprint density at radius 1 is 1.47 bits per heavy atom. The third-order valence-corrected chi connectivity index (χ3v) is 4.29. The second kappa shape index (κ2) is 4.66. The van der Waals surface area contributed by atoms with Gasteiger partial charge in [-0.1, -0.05) is 6.92 Å². The third kappa shape index (κ3) is 2.04. The van der Waals surface area contributed by atoms with Gasteiger partial charge in [0.1, 0.15) is 5.41 Å². The van der Waals surface area contributed by atoms with Gasteiger partial charge in [0.05, 0.1) is 6.07 Å². The van der Waals surface area contributed by atoms with E-state index in [1.807, 2.05) is 4.90 Å². The molecule has 4 nitrogen and oxygen atoms in total. The van der Waals surface area contributed by atoms with Crippen molar-refractivity contribution in [2.24, 2.45) is 5.41 Å². The van der Waals surface area contributed by atoms with Gasteiger partial charge >= 0.3 is 0 Å². The average molecular weight is 235 g/mol. The summed E-state index contributed by atoms with van der Waals surface area (Å²) < 4.78 is 0. The number of hydrogen-bond acceptors (Lipinski definition) is 3. The van der Waals surface area contributed by atoms with Crippen molar-refractivity contribution in [1.29, 1.82) is 5.26 Å². The average Bonchev–Trinajstić information content (AvgIpc) is 2.28. The van der Waals surface area contributed by atoms with Gasteiger partial charge in [-0.3, -0.25) is 9.69 Å². The van der Waals surface area contributed by atoms with E-state index in [1.165, 1.54) is 0 Å². The van der Waals surface area contributed by atoms with Crippen LogP contribution in [0.4, 0.5) is 0 Å². The summed E-state index contributed by atoms with van der Waals surface area (Å²) in [5, 5.41) is 9.19. The Labute approximate surface area is 103 Å². The van der Waals surface area contributed by atoms with E-state index in [0.717, 1.165) is 45.4 Å². The fourth-order valence-corrected chi connectivity index (χ4v) is 2.86. The van der Waals surface area contributed by atoms with Crippen LogP contribution in [0.1, 0.15) is 33.1 Å². The van der Waals surface area contributed by atoms with Gasteiger partial charge in [-0.15, -0.1) is 0 Å². The Hall–Kier alpha value is -1.08. The summed E-state index contributed by atoms with van der Waals surface area (Å²) in [6.45, 7) is 7.83. The van der Waals surface area contributed by atoms with Gasteiger partial charge in [-0.25, -0.2) is 0 Å². The number of rotatable bonds is 2. The number of hydrogen-bond donors (Lipinski definition) is 0. The summed E-state index contributed by atoms with van der Waals surface area (Å²) in [7, 11) is 0. The number of amides is 1. The molecule has 2 aliphatic rings. The molecule has 0 N–H and O–H groups in total. The molecule has 94 valence electrons. The predicted molar refractivity (Wildman–Crippen MR) is 65.2 cm³/mol. The molecule has 2 fully saturated rings. The van der Waals surface area contributed by atoms with Crippen LogP contribution in [0.5, 0.6) is 0 Å². The molecule has 1 aliphatic carbocycles. The summed E-state index contributed by atoms with van der Waals surface area (Å²) >= 11 is 0. The van der Waals surface area contributed by atoms with E-state index in [9.17, 15) is 10.1 Å². The molecule has 0 spiro atoms. The standard InChI is InChI=1S/C13H21N3O/c1-3-15-7-8-16(9-11(15)2)12(17)13(10-14)5-4-6-13/h11H,3-9H2,1-2H3. The van der Waals surface area contributed by atoms with Crippen LogP contribution in [0.15, 0.2) is 0 Å². The maximum atomic E-state index is 12.4. The largest absolute Gasteiger partial charge is 0.338 e. The molecule has 1 unspecified atom stereocenters. The Balaban J connectivity index is 2.00. The van der Waals surface area contributed by atoms with Crippen molar-refractivity contribution in [3.05, 3.63) is 0 Å². The van der Waals surface area contributed by atoms with E-state index in [0.29, 0.717) is 6.04 Å². The zero-order chi connectivity index (χ0) is 12.5. The second-order valence-corrected chi connectivity index (χ2v) is 5.28. The molecule has 1 amide bonds. The minimum atomic E-state index is -0.673. The van der Waals surface area contributed by atoms with Crippen LogP contribution >= 0.6 is 0 Å². The molecule has 2 rings (SSSR count). The van der Waals surface area contributed by atoms with Gasteiger partial charge in [0, 0.05) is 25.7 Å². The molecule has 0 aromatic carbocycles. The van der Waals surface area contributed by atoms with Crippen LogP contribution < -0.4 is 0 Å². The van der Waals surface area contributed by atoms with E-state index in [2.05, 4.69) is 24.8 Å². The number of nitriles is 1. The van der Waals surface area contributed by atoms with Crippen molar-refractivity contribution in [2.75, 3.05) is 26.2 Å². The molecule has 1 atom stereocenters. The number of piperazine rings is 1. The Morgan fingerprint density at radius 3 is 2.59 bits per heavy atom. The molecule has 1 saturated heterocycles. The van der Waals surface area contributed by atoms with Crippen LogP contribution in [0.3, 0.4) is 0 Å². The van der Waals surface area contributed by atoms with Gasteiger partial charge in [0.15, 0.2) is 0 Å². The molecule has 1 aliphatic heterocycles. The highest BCUT2D eigenvalue weighted by Crippen LogP contribution is 2.42. The van der Waals surface area contributed by atoms with Crippen LogP contribution in [-0.4, -0.2) is 47.9 Å². The first-order chi connectivity index (χ1) is 8.13. The minimum Gasteiger partial charge on any atom is -0.338 e. The molecule has 0 bridgehead atoms. The zero-order valence-corrected chi connectivity index (χ0v) is 10.8. The Kier molecular flexibility index (Phi) is 3.39. The van der Waals surface area contributed by atoms with Crippen molar-refractivity contribution in [3.8, 4) is 6.07 Å². The number of carbonyl (C=O) groups excluding carboxylic acids is 1. The number of likely N-dealkylation sites (N-methyl/N-ethyl adjacent to an activating group) is 1. The fourth-order valence-electron chi connectivity index (χ4n) is 2.86. The van der Waals surface area contributed by atoms with Gasteiger partial charge in [-0.05, 0) is 32.7 Å². The van der Waals surface area contributed by atoms with Crippen LogP contribution in [0, 0.1) is 16.7 Å². The quantitative estimate of drug-likeness (QED) is 0.723. The second-order valence-electron chi connectivity index (χ2n) is 5.28. The maximum absolute atomic E-state index is 12.4. The van der Waals surface area contributed by atoms with Crippen molar-refractivity contribution in [2.45, 2.75) is 39.2 Å². The topological polar surface area (TPSA) is 47.3 Å². The van der Waals surface area contributed by atoms with Crippen molar-refractivity contribution < 1.29 is 4.79 Å². The Morgan fingerprint density at radius 2 is 2.18 bits per heavy atom. The summed E-state index contributed by atoms with van der Waals surface area (Å²) in [4.78, 5) is 16.6. The molecular weight excluding hydrogens is 214 g/mol. The molecule has 0 aromatic rings. The van der Waals surface area contributed by atoms with Crippen molar-refractivity contribution in [1.82, 2.24) is 9.80 Å². The van der Waals surface area contributed by atoms with Crippen LogP contribution in [0.2, 0.25) is 0 Å². The van der Waals surface area contributed by atoms with Crippen molar-refractivity contribution >= 4 is 5.91 Å². The fraction of sp³-hybridized carbons (Fsp3) is 0.846. The predicted octanol–water partition coefficient (Wildman–Crippen LogP) is 1.23. The molecule has 1 heterocycles. The lowest BCUT2D eigenvalue weighted by molar-refractivity contribution is -0.145. The third-order valence-electron chi connectivity index (χ3n) is 4.29. The van der Waals surface area contributed by atoms with Crippen LogP contribution in [-0.2, 0) is 4.79 Å². The monoisotopic (exact) mass is 235 g/mol. The highest BCUT2D eigenvalue weighted by molar-refractivity contribution is 5.86. The highest BCUT2D eigenvalue weighted by Gasteiger charge is 2.47. The minimum absolute atomic E-state index is 0.0776. The molecule has 0 radical (unpaired) electrons. The molecular formula is C13H21N3O. The zero-order valence-electron chi connectivity index (χ0n) is 10.8. The Bertz CT molecular complexity index is 343. The molecule has 4 heteroatoms. The normalized spacial score (nSPS) is 28.3. The van der Waals surface area contributed by atoms with E-state index in [-0.39, 0.29) is 5.91 Å². The van der Waals surface area contributed by atoms with Crippen molar-refractivity contribution in [3.63, 3.8) is 0 Å². The summed E-state index contributed by atoms with van der Waals surface area (Å²) in [5.74, 6) is 0.0776. The van der Waals surface area contributed by atoms with E-state index in [1.54, 1.807) is 0 Å². The highest BCUT2D eigenvalue weighted by atomic mass is 16.2. The maximum Gasteiger partial charge on any atom is 0.243 e. The van der Waals surface area contributed by atoms with E-state index in [4.69, 9.17) is 0 Å². The van der Waals surface area contributed by atoms with Gasteiger partial charge in [0.25, 0.3) is 0 Å². The molecule has 17 heavy (non-hydrogen) atoms. The first kappa shape index (κ1) is 12.4. The van der Waals surface area contributed by atoms with E-state index >= 15 is 0 Å². The summed E-state index contributed by atoms with van der Waals surface area (Å²) in [6.07, 6.45) is 2.53. The van der Waals surface area contributed by atoms with Gasteiger partial charge in [0.2, 0.25) is 5.91 Å². The lowest BCUT2D eigenvalue weighted by Crippen LogP contribution is -2.57. The molecule has 1 saturated carbocycles. The lowest BCUT2D eigenvalue weighted by atomic mass is 9.69. The summed E-state index contributed by atoms with van der Waals surface area (Å²) in [5.41, 5.74) is -0.673. The van der Waals surface area contributed by atoms with Gasteiger partial charge in [-0.2, -0.15) is 5.26 Å². The lowest BCUT2D eigenvalue weighted by Gasteiger charge is -2.44. The molecule has 0 aromatic heterocycles. The first-order valence-electron chi connectivity index (χ1n) is 6.57. The van der Waals surface area contributed by atoms with Gasteiger partial charge < -0.3 is 4.90 Å². The number of nitrogens with zero attached hydrogens (tertiary/aromatic N) is 3.